The molecule has 156 valence electrons. The summed E-state index contributed by atoms with van der Waals surface area (Å²) in [6, 6.07) is 11.6. The first-order valence-electron chi connectivity index (χ1n) is 10.2. The number of nitrogens with one attached hydrogen (secondary N) is 1. The Morgan fingerprint density at radius 3 is 2.70 bits per heavy atom. The van der Waals surface area contributed by atoms with Gasteiger partial charge in [0.2, 0.25) is 0 Å². The van der Waals surface area contributed by atoms with Crippen molar-refractivity contribution >= 4 is 17.5 Å². The highest BCUT2D eigenvalue weighted by atomic mass is 35.5. The van der Waals surface area contributed by atoms with Crippen molar-refractivity contribution in [3.05, 3.63) is 70.6 Å². The second-order valence-corrected chi connectivity index (χ2v) is 8.25. The maximum absolute atomic E-state index is 12.6. The topological polar surface area (TPSA) is 80.0 Å². The van der Waals surface area contributed by atoms with Crippen molar-refractivity contribution in [3.63, 3.8) is 0 Å². The molecule has 1 aliphatic carbocycles. The van der Waals surface area contributed by atoms with Crippen molar-refractivity contribution in [2.24, 2.45) is 7.05 Å². The number of pyridine rings is 1. The van der Waals surface area contributed by atoms with Gasteiger partial charge < -0.3 is 10.4 Å². The minimum atomic E-state index is -0.493. The summed E-state index contributed by atoms with van der Waals surface area (Å²) in [7, 11) is 1.89. The van der Waals surface area contributed by atoms with Gasteiger partial charge in [0.15, 0.2) is 0 Å². The molecule has 3 aromatic rings. The zero-order valence-corrected chi connectivity index (χ0v) is 17.6. The largest absolute Gasteiger partial charge is 0.391 e. The van der Waals surface area contributed by atoms with E-state index >= 15 is 0 Å². The Morgan fingerprint density at radius 1 is 1.23 bits per heavy atom. The fourth-order valence-electron chi connectivity index (χ4n) is 3.84. The van der Waals surface area contributed by atoms with Gasteiger partial charge in [-0.15, -0.1) is 0 Å². The third kappa shape index (κ3) is 4.71. The molecular weight excluding hydrogens is 400 g/mol. The number of aromatic nitrogens is 3. The van der Waals surface area contributed by atoms with Crippen LogP contribution in [0.4, 0.5) is 0 Å². The van der Waals surface area contributed by atoms with Gasteiger partial charge in [0.1, 0.15) is 5.69 Å². The zero-order valence-electron chi connectivity index (χ0n) is 16.9. The first kappa shape index (κ1) is 20.6. The summed E-state index contributed by atoms with van der Waals surface area (Å²) in [6.45, 7) is 0. The maximum atomic E-state index is 12.6. The van der Waals surface area contributed by atoms with E-state index in [0.717, 1.165) is 48.1 Å². The summed E-state index contributed by atoms with van der Waals surface area (Å²) in [4.78, 5) is 16.8. The summed E-state index contributed by atoms with van der Waals surface area (Å²) in [5.41, 5.74) is 4.21. The van der Waals surface area contributed by atoms with Crippen molar-refractivity contribution in [1.82, 2.24) is 20.1 Å². The molecule has 2 aromatic heterocycles. The lowest BCUT2D eigenvalue weighted by molar-refractivity contribution is 0.0713. The molecule has 0 bridgehead atoms. The Bertz CT molecular complexity index is 1030. The Balaban J connectivity index is 1.47. The quantitative estimate of drug-likeness (QED) is 0.653. The molecule has 1 aromatic carbocycles. The SMILES string of the molecule is Cn1ccc(-c2ccc(Cc3cc(C(=O)NC4CCCC[C@@H]4O)ncc3Cl)cc2)n1. The van der Waals surface area contributed by atoms with Gasteiger partial charge in [-0.1, -0.05) is 48.7 Å². The predicted molar refractivity (Wildman–Crippen MR) is 116 cm³/mol. The number of carbonyl (C=O) groups excluding carboxylic acids is 1. The molecule has 2 N–H and O–H groups in total. The molecule has 0 aliphatic heterocycles. The molecule has 0 saturated heterocycles. The van der Waals surface area contributed by atoms with Crippen LogP contribution in [0, 0.1) is 0 Å². The lowest BCUT2D eigenvalue weighted by Gasteiger charge is -2.28. The molecule has 1 saturated carbocycles. The lowest BCUT2D eigenvalue weighted by Crippen LogP contribution is -2.45. The Hall–Kier alpha value is -2.70. The van der Waals surface area contributed by atoms with Gasteiger partial charge in [0, 0.05) is 25.0 Å². The number of amides is 1. The third-order valence-corrected chi connectivity index (χ3v) is 5.91. The van der Waals surface area contributed by atoms with E-state index in [1.54, 1.807) is 10.7 Å². The second kappa shape index (κ2) is 8.98. The van der Waals surface area contributed by atoms with Crippen molar-refractivity contribution in [2.75, 3.05) is 0 Å². The highest BCUT2D eigenvalue weighted by Gasteiger charge is 2.25. The van der Waals surface area contributed by atoms with E-state index in [0.29, 0.717) is 17.1 Å². The van der Waals surface area contributed by atoms with Crippen molar-refractivity contribution < 1.29 is 9.90 Å². The molecule has 4 rings (SSSR count). The average molecular weight is 425 g/mol. The molecule has 0 radical (unpaired) electrons. The average Bonchev–Trinajstić information content (AvgIpc) is 3.18. The summed E-state index contributed by atoms with van der Waals surface area (Å²) >= 11 is 6.35. The molecular formula is C23H25ClN4O2. The van der Waals surface area contributed by atoms with Crippen LogP contribution in [0.1, 0.15) is 47.3 Å². The molecule has 1 aliphatic rings. The van der Waals surface area contributed by atoms with E-state index in [9.17, 15) is 9.90 Å². The smallest absolute Gasteiger partial charge is 0.270 e. The summed E-state index contributed by atoms with van der Waals surface area (Å²) in [5.74, 6) is -0.274. The van der Waals surface area contributed by atoms with Crippen molar-refractivity contribution in [3.8, 4) is 11.3 Å². The second-order valence-electron chi connectivity index (χ2n) is 7.84. The van der Waals surface area contributed by atoms with Gasteiger partial charge in [-0.25, -0.2) is 4.98 Å². The summed E-state index contributed by atoms with van der Waals surface area (Å²) in [5, 5.41) is 18.0. The number of aliphatic hydroxyl groups excluding tert-OH is 1. The molecule has 30 heavy (non-hydrogen) atoms. The summed E-state index contributed by atoms with van der Waals surface area (Å²) in [6.07, 6.45) is 7.05. The van der Waals surface area contributed by atoms with Crippen molar-refractivity contribution in [2.45, 2.75) is 44.2 Å². The molecule has 6 nitrogen and oxygen atoms in total. The van der Waals surface area contributed by atoms with Gasteiger partial charge in [-0.3, -0.25) is 9.48 Å². The number of rotatable bonds is 5. The molecule has 7 heteroatoms. The number of aliphatic hydroxyl groups is 1. The van der Waals surface area contributed by atoms with Gasteiger partial charge in [-0.05, 0) is 42.5 Å². The Kier molecular flexibility index (Phi) is 6.16. The van der Waals surface area contributed by atoms with E-state index in [4.69, 9.17) is 11.6 Å². The fraction of sp³-hybridized carbons (Fsp3) is 0.348. The molecule has 2 heterocycles. The van der Waals surface area contributed by atoms with Crippen LogP contribution >= 0.6 is 11.6 Å². The summed E-state index contributed by atoms with van der Waals surface area (Å²) < 4.78 is 1.78. The van der Waals surface area contributed by atoms with E-state index in [-0.39, 0.29) is 11.9 Å². The van der Waals surface area contributed by atoms with Crippen molar-refractivity contribution in [1.29, 1.82) is 0 Å². The normalized spacial score (nSPS) is 18.9. The monoisotopic (exact) mass is 424 g/mol. The van der Waals surface area contributed by atoms with E-state index < -0.39 is 6.10 Å². The molecule has 1 unspecified atom stereocenters. The number of benzene rings is 1. The standard InChI is InChI=1S/C23H25ClN4O2/c1-28-11-10-19(27-28)16-8-6-15(7-9-16)12-17-13-21(25-14-18(17)24)23(30)26-20-4-2-3-5-22(20)29/h6-11,13-14,20,22,29H,2-5,12H2,1H3,(H,26,30)/t20?,22-/m0/s1. The minimum absolute atomic E-state index is 0.216. The lowest BCUT2D eigenvalue weighted by atomic mass is 9.92. The number of halogens is 1. The number of hydrogen-bond donors (Lipinski definition) is 2. The highest BCUT2D eigenvalue weighted by molar-refractivity contribution is 6.31. The van der Waals surface area contributed by atoms with Gasteiger partial charge in [-0.2, -0.15) is 5.10 Å². The van der Waals surface area contributed by atoms with Crippen LogP contribution in [0.15, 0.2) is 48.8 Å². The van der Waals surface area contributed by atoms with Crippen LogP contribution in [-0.2, 0) is 13.5 Å². The van der Waals surface area contributed by atoms with E-state index in [1.165, 1.54) is 6.20 Å². The van der Waals surface area contributed by atoms with Crippen LogP contribution in [0.3, 0.4) is 0 Å². The maximum Gasteiger partial charge on any atom is 0.270 e. The minimum Gasteiger partial charge on any atom is -0.391 e. The molecule has 1 amide bonds. The Labute approximate surface area is 180 Å². The van der Waals surface area contributed by atoms with Crippen LogP contribution < -0.4 is 5.32 Å². The fourth-order valence-corrected chi connectivity index (χ4v) is 4.01. The van der Waals surface area contributed by atoms with Crippen LogP contribution in [0.5, 0.6) is 0 Å². The molecule has 0 spiro atoms. The first-order valence-corrected chi connectivity index (χ1v) is 10.6. The Morgan fingerprint density at radius 2 is 2.00 bits per heavy atom. The van der Waals surface area contributed by atoms with Gasteiger partial charge >= 0.3 is 0 Å². The number of nitrogens with zero attached hydrogens (tertiary/aromatic N) is 3. The highest BCUT2D eigenvalue weighted by Crippen LogP contribution is 2.23. The van der Waals surface area contributed by atoms with E-state index in [2.05, 4.69) is 15.4 Å². The first-order chi connectivity index (χ1) is 14.5. The van der Waals surface area contributed by atoms with Crippen LogP contribution in [0.25, 0.3) is 11.3 Å². The number of aryl methyl sites for hydroxylation is 1. The molecule has 1 fully saturated rings. The molecule has 2 atom stereocenters. The van der Waals surface area contributed by atoms with Crippen LogP contribution in [-0.4, -0.2) is 37.9 Å². The van der Waals surface area contributed by atoms with Crippen LogP contribution in [0.2, 0.25) is 5.02 Å². The van der Waals surface area contributed by atoms with E-state index in [1.807, 2.05) is 43.6 Å². The third-order valence-electron chi connectivity index (χ3n) is 5.57. The number of carbonyl (C=O) groups is 1. The van der Waals surface area contributed by atoms with Gasteiger partial charge in [0.05, 0.1) is 22.9 Å². The zero-order chi connectivity index (χ0) is 21.1. The predicted octanol–water partition coefficient (Wildman–Crippen LogP) is 3.76. The van der Waals surface area contributed by atoms with Gasteiger partial charge in [0.25, 0.3) is 5.91 Å². The number of hydrogen-bond acceptors (Lipinski definition) is 4.